The predicted molar refractivity (Wildman–Crippen MR) is 71.4 cm³/mol. The molecule has 0 radical (unpaired) electrons. The van der Waals surface area contributed by atoms with Gasteiger partial charge in [0.25, 0.3) is 0 Å². The molecule has 0 aromatic carbocycles. The SMILES string of the molecule is CC(C)N(CCCC(=O)NN)Cc1cccs1. The maximum Gasteiger partial charge on any atom is 0.233 e. The van der Waals surface area contributed by atoms with Crippen LogP contribution >= 0.6 is 11.3 Å². The average molecular weight is 255 g/mol. The minimum absolute atomic E-state index is 0.0928. The second-order valence-corrected chi connectivity index (χ2v) is 5.35. The number of rotatable bonds is 7. The van der Waals surface area contributed by atoms with E-state index in [2.05, 4.69) is 41.7 Å². The molecule has 0 atom stereocenters. The highest BCUT2D eigenvalue weighted by Gasteiger charge is 2.11. The first-order valence-corrected chi connectivity index (χ1v) is 6.77. The topological polar surface area (TPSA) is 58.4 Å². The highest BCUT2D eigenvalue weighted by atomic mass is 32.1. The van der Waals surface area contributed by atoms with Gasteiger partial charge in [0.05, 0.1) is 0 Å². The van der Waals surface area contributed by atoms with Crippen molar-refractivity contribution in [1.29, 1.82) is 0 Å². The molecule has 5 heteroatoms. The average Bonchev–Trinajstić information content (AvgIpc) is 2.80. The lowest BCUT2D eigenvalue weighted by molar-refractivity contribution is -0.121. The van der Waals surface area contributed by atoms with Crippen molar-refractivity contribution in [2.45, 2.75) is 39.3 Å². The Hall–Kier alpha value is -0.910. The van der Waals surface area contributed by atoms with Crippen molar-refractivity contribution in [1.82, 2.24) is 10.3 Å². The van der Waals surface area contributed by atoms with Crippen molar-refractivity contribution in [3.8, 4) is 0 Å². The van der Waals surface area contributed by atoms with Crippen LogP contribution in [0.25, 0.3) is 0 Å². The van der Waals surface area contributed by atoms with Gasteiger partial charge in [-0.05, 0) is 38.3 Å². The van der Waals surface area contributed by atoms with Gasteiger partial charge in [-0.2, -0.15) is 0 Å². The van der Waals surface area contributed by atoms with Gasteiger partial charge in [0, 0.05) is 23.9 Å². The Labute approximate surface area is 107 Å². The number of amides is 1. The smallest absolute Gasteiger partial charge is 0.233 e. The fourth-order valence-electron chi connectivity index (χ4n) is 1.64. The molecule has 1 amide bonds. The third kappa shape index (κ3) is 5.30. The lowest BCUT2D eigenvalue weighted by Crippen LogP contribution is -2.33. The third-order valence-electron chi connectivity index (χ3n) is 2.68. The zero-order chi connectivity index (χ0) is 12.7. The molecule has 0 saturated carbocycles. The maximum atomic E-state index is 11.0. The molecular weight excluding hydrogens is 234 g/mol. The standard InChI is InChI=1S/C12H21N3OS/c1-10(2)15(7-3-6-12(16)14-13)9-11-5-4-8-17-11/h4-5,8,10H,3,6-7,9,13H2,1-2H3,(H,14,16). The van der Waals surface area contributed by atoms with E-state index in [0.29, 0.717) is 12.5 Å². The van der Waals surface area contributed by atoms with E-state index in [-0.39, 0.29) is 5.91 Å². The lowest BCUT2D eigenvalue weighted by Gasteiger charge is -2.25. The van der Waals surface area contributed by atoms with Crippen molar-refractivity contribution < 1.29 is 4.79 Å². The molecule has 1 aromatic heterocycles. The zero-order valence-electron chi connectivity index (χ0n) is 10.5. The highest BCUT2D eigenvalue weighted by molar-refractivity contribution is 7.09. The molecule has 0 aliphatic rings. The minimum atomic E-state index is -0.0928. The van der Waals surface area contributed by atoms with Crippen LogP contribution in [0.4, 0.5) is 0 Å². The molecule has 0 unspecified atom stereocenters. The molecule has 3 N–H and O–H groups in total. The molecule has 0 bridgehead atoms. The number of nitrogens with one attached hydrogen (secondary N) is 1. The van der Waals surface area contributed by atoms with Crippen LogP contribution < -0.4 is 11.3 Å². The summed E-state index contributed by atoms with van der Waals surface area (Å²) in [7, 11) is 0. The van der Waals surface area contributed by atoms with Crippen molar-refractivity contribution in [3.63, 3.8) is 0 Å². The number of carbonyl (C=O) groups is 1. The van der Waals surface area contributed by atoms with Gasteiger partial charge in [0.1, 0.15) is 0 Å². The molecular formula is C12H21N3OS. The van der Waals surface area contributed by atoms with Crippen LogP contribution in [-0.2, 0) is 11.3 Å². The van der Waals surface area contributed by atoms with E-state index in [0.717, 1.165) is 19.5 Å². The number of carbonyl (C=O) groups excluding carboxylic acids is 1. The van der Waals surface area contributed by atoms with Crippen LogP contribution in [0.3, 0.4) is 0 Å². The van der Waals surface area contributed by atoms with Crippen LogP contribution in [0.2, 0.25) is 0 Å². The Balaban J connectivity index is 2.36. The minimum Gasteiger partial charge on any atom is -0.296 e. The van der Waals surface area contributed by atoms with Crippen molar-refractivity contribution >= 4 is 17.2 Å². The molecule has 0 spiro atoms. The van der Waals surface area contributed by atoms with Gasteiger partial charge in [-0.1, -0.05) is 6.07 Å². The molecule has 0 aliphatic carbocycles. The fraction of sp³-hybridized carbons (Fsp3) is 0.583. The van der Waals surface area contributed by atoms with Gasteiger partial charge in [-0.25, -0.2) is 5.84 Å². The first-order chi connectivity index (χ1) is 8.13. The predicted octanol–water partition coefficient (Wildman–Crippen LogP) is 1.73. The van der Waals surface area contributed by atoms with Gasteiger partial charge in [-0.15, -0.1) is 11.3 Å². The Kier molecular flexibility index (Phi) is 6.18. The summed E-state index contributed by atoms with van der Waals surface area (Å²) >= 11 is 1.77. The first-order valence-electron chi connectivity index (χ1n) is 5.89. The largest absolute Gasteiger partial charge is 0.296 e. The summed E-state index contributed by atoms with van der Waals surface area (Å²) in [6.07, 6.45) is 1.33. The molecule has 96 valence electrons. The molecule has 0 fully saturated rings. The van der Waals surface area contributed by atoms with Crippen molar-refractivity contribution in [2.75, 3.05) is 6.54 Å². The zero-order valence-corrected chi connectivity index (χ0v) is 11.3. The van der Waals surface area contributed by atoms with Crippen molar-refractivity contribution in [2.24, 2.45) is 5.84 Å². The molecule has 17 heavy (non-hydrogen) atoms. The summed E-state index contributed by atoms with van der Waals surface area (Å²) in [5, 5.41) is 2.09. The summed E-state index contributed by atoms with van der Waals surface area (Å²) in [5.41, 5.74) is 2.16. The second kappa shape index (κ2) is 7.42. The molecule has 1 rings (SSSR count). The number of hydrazine groups is 1. The number of hydrogen-bond donors (Lipinski definition) is 2. The van der Waals surface area contributed by atoms with Crippen LogP contribution in [0.1, 0.15) is 31.6 Å². The number of hydrogen-bond acceptors (Lipinski definition) is 4. The molecule has 0 aliphatic heterocycles. The number of nitrogens with zero attached hydrogens (tertiary/aromatic N) is 1. The van der Waals surface area contributed by atoms with Gasteiger partial charge in [-0.3, -0.25) is 15.1 Å². The normalized spacial score (nSPS) is 11.1. The van der Waals surface area contributed by atoms with Crippen LogP contribution in [0.5, 0.6) is 0 Å². The molecule has 4 nitrogen and oxygen atoms in total. The first kappa shape index (κ1) is 14.2. The van der Waals surface area contributed by atoms with Gasteiger partial charge >= 0.3 is 0 Å². The van der Waals surface area contributed by atoms with E-state index in [4.69, 9.17) is 5.84 Å². The van der Waals surface area contributed by atoms with Crippen molar-refractivity contribution in [3.05, 3.63) is 22.4 Å². The van der Waals surface area contributed by atoms with E-state index in [1.165, 1.54) is 4.88 Å². The summed E-state index contributed by atoms with van der Waals surface area (Å²) < 4.78 is 0. The summed E-state index contributed by atoms with van der Waals surface area (Å²) in [5.74, 6) is 4.95. The van der Waals surface area contributed by atoms with E-state index >= 15 is 0 Å². The van der Waals surface area contributed by atoms with Gasteiger partial charge in [0.15, 0.2) is 0 Å². The Morgan fingerprint density at radius 3 is 2.88 bits per heavy atom. The second-order valence-electron chi connectivity index (χ2n) is 4.31. The van der Waals surface area contributed by atoms with E-state index in [1.54, 1.807) is 11.3 Å². The van der Waals surface area contributed by atoms with E-state index in [1.807, 2.05) is 0 Å². The van der Waals surface area contributed by atoms with Crippen LogP contribution in [0, 0.1) is 0 Å². The van der Waals surface area contributed by atoms with E-state index < -0.39 is 0 Å². The van der Waals surface area contributed by atoms with Gasteiger partial charge < -0.3 is 0 Å². The van der Waals surface area contributed by atoms with Gasteiger partial charge in [0.2, 0.25) is 5.91 Å². The summed E-state index contributed by atoms with van der Waals surface area (Å²) in [6, 6.07) is 4.70. The Bertz CT molecular complexity index is 325. The van der Waals surface area contributed by atoms with Crippen LogP contribution in [0.15, 0.2) is 17.5 Å². The third-order valence-corrected chi connectivity index (χ3v) is 3.54. The fourth-order valence-corrected chi connectivity index (χ4v) is 2.37. The summed E-state index contributed by atoms with van der Waals surface area (Å²) in [6.45, 7) is 6.23. The maximum absolute atomic E-state index is 11.0. The monoisotopic (exact) mass is 255 g/mol. The van der Waals surface area contributed by atoms with E-state index in [9.17, 15) is 4.79 Å². The quantitative estimate of drug-likeness (QED) is 0.443. The lowest BCUT2D eigenvalue weighted by atomic mass is 10.2. The number of nitrogens with two attached hydrogens (primary N) is 1. The Morgan fingerprint density at radius 2 is 2.35 bits per heavy atom. The Morgan fingerprint density at radius 1 is 1.59 bits per heavy atom. The molecule has 0 saturated heterocycles. The number of thiophene rings is 1. The molecule has 1 heterocycles. The summed E-state index contributed by atoms with van der Waals surface area (Å²) in [4.78, 5) is 14.8. The highest BCUT2D eigenvalue weighted by Crippen LogP contribution is 2.14. The van der Waals surface area contributed by atoms with Crippen LogP contribution in [-0.4, -0.2) is 23.4 Å². The molecule has 1 aromatic rings.